The van der Waals surface area contributed by atoms with Crippen LogP contribution in [0.3, 0.4) is 0 Å². The molecule has 1 atom stereocenters. The molecule has 124 valence electrons. The van der Waals surface area contributed by atoms with Crippen molar-refractivity contribution in [1.29, 1.82) is 0 Å². The van der Waals surface area contributed by atoms with Gasteiger partial charge in [0.05, 0.1) is 16.5 Å². The van der Waals surface area contributed by atoms with Gasteiger partial charge in [0.25, 0.3) is 5.91 Å². The van der Waals surface area contributed by atoms with Gasteiger partial charge >= 0.3 is 0 Å². The highest BCUT2D eigenvalue weighted by Gasteiger charge is 2.26. The van der Waals surface area contributed by atoms with E-state index >= 15 is 0 Å². The average Bonchev–Trinajstić information content (AvgIpc) is 3.07. The van der Waals surface area contributed by atoms with E-state index in [-0.39, 0.29) is 18.2 Å². The van der Waals surface area contributed by atoms with Crippen molar-refractivity contribution in [1.82, 2.24) is 10.9 Å². The third kappa shape index (κ3) is 3.95. The average molecular weight is 361 g/mol. The Morgan fingerprint density at radius 1 is 1.17 bits per heavy atom. The van der Waals surface area contributed by atoms with E-state index in [1.54, 1.807) is 17.5 Å². The summed E-state index contributed by atoms with van der Waals surface area (Å²) in [5.41, 5.74) is 5.48. The molecule has 1 aromatic heterocycles. The number of para-hydroxylation sites is 1. The molecule has 0 radical (unpaired) electrons. The van der Waals surface area contributed by atoms with Crippen molar-refractivity contribution in [2.75, 3.05) is 11.1 Å². The van der Waals surface area contributed by atoms with Gasteiger partial charge < -0.3 is 5.32 Å². The van der Waals surface area contributed by atoms with Crippen molar-refractivity contribution in [2.45, 2.75) is 11.3 Å². The smallest absolute Gasteiger partial charge is 0.279 e. The van der Waals surface area contributed by atoms with Gasteiger partial charge in [-0.25, -0.2) is 0 Å². The number of hydrogen-bond donors (Lipinski definition) is 3. The molecule has 0 bridgehead atoms. The van der Waals surface area contributed by atoms with Crippen LogP contribution in [-0.2, 0) is 9.59 Å². The number of fused-ring (bicyclic) bond motifs is 1. The number of amides is 3. The maximum absolute atomic E-state index is 12.2. The Bertz CT molecular complexity index is 762. The Morgan fingerprint density at radius 3 is 2.79 bits per heavy atom. The summed E-state index contributed by atoms with van der Waals surface area (Å²) in [6.45, 7) is 0. The molecule has 0 spiro atoms. The summed E-state index contributed by atoms with van der Waals surface area (Å²) in [5.74, 6) is -0.903. The molecule has 1 aliphatic heterocycles. The maximum atomic E-state index is 12.2. The van der Waals surface area contributed by atoms with Crippen molar-refractivity contribution in [3.63, 3.8) is 0 Å². The minimum atomic E-state index is -0.457. The van der Waals surface area contributed by atoms with Gasteiger partial charge in [-0.1, -0.05) is 18.2 Å². The number of nitrogens with one attached hydrogen (secondary N) is 3. The Balaban J connectivity index is 1.53. The number of thiophene rings is 1. The summed E-state index contributed by atoms with van der Waals surface area (Å²) in [4.78, 5) is 37.5. The lowest BCUT2D eigenvalue weighted by atomic mass is 10.1. The number of rotatable bonds is 3. The van der Waals surface area contributed by atoms with Crippen molar-refractivity contribution in [3.05, 3.63) is 46.7 Å². The van der Waals surface area contributed by atoms with Gasteiger partial charge in [-0.05, 0) is 23.6 Å². The molecule has 0 saturated heterocycles. The third-order valence-electron chi connectivity index (χ3n) is 3.45. The van der Waals surface area contributed by atoms with E-state index in [0.717, 1.165) is 10.6 Å². The molecule has 0 aliphatic carbocycles. The van der Waals surface area contributed by atoms with Crippen molar-refractivity contribution in [2.24, 2.45) is 5.92 Å². The van der Waals surface area contributed by atoms with Crippen LogP contribution in [0, 0.1) is 5.92 Å². The van der Waals surface area contributed by atoms with E-state index in [0.29, 0.717) is 10.6 Å². The molecule has 1 aromatic carbocycles. The van der Waals surface area contributed by atoms with Crippen LogP contribution in [0.4, 0.5) is 5.69 Å². The van der Waals surface area contributed by atoms with E-state index in [9.17, 15) is 14.4 Å². The van der Waals surface area contributed by atoms with E-state index < -0.39 is 11.8 Å². The van der Waals surface area contributed by atoms with E-state index in [4.69, 9.17) is 0 Å². The summed E-state index contributed by atoms with van der Waals surface area (Å²) in [6.07, 6.45) is 0.0115. The summed E-state index contributed by atoms with van der Waals surface area (Å²) < 4.78 is 0. The lowest BCUT2D eigenvalue weighted by molar-refractivity contribution is -0.127. The molecule has 0 fully saturated rings. The minimum Gasteiger partial charge on any atom is -0.325 e. The molecular formula is C16H15N3O3S2. The van der Waals surface area contributed by atoms with E-state index in [2.05, 4.69) is 16.2 Å². The van der Waals surface area contributed by atoms with Crippen LogP contribution in [0.25, 0.3) is 0 Å². The minimum absolute atomic E-state index is 0.0115. The zero-order valence-electron chi connectivity index (χ0n) is 12.6. The summed E-state index contributed by atoms with van der Waals surface area (Å²) in [7, 11) is 0. The Kier molecular flexibility index (Phi) is 5.17. The molecule has 1 aliphatic rings. The first kappa shape index (κ1) is 16.5. The fraction of sp³-hybridized carbons (Fsp3) is 0.188. The highest BCUT2D eigenvalue weighted by molar-refractivity contribution is 7.99. The first-order valence-electron chi connectivity index (χ1n) is 7.29. The number of hydrazine groups is 1. The fourth-order valence-electron chi connectivity index (χ4n) is 2.22. The lowest BCUT2D eigenvalue weighted by Gasteiger charge is -2.13. The second-order valence-corrected chi connectivity index (χ2v) is 7.19. The second-order valence-electron chi connectivity index (χ2n) is 5.18. The van der Waals surface area contributed by atoms with Crippen molar-refractivity contribution < 1.29 is 14.4 Å². The van der Waals surface area contributed by atoms with Crippen LogP contribution in [0.15, 0.2) is 46.7 Å². The fourth-order valence-corrected chi connectivity index (χ4v) is 3.94. The number of benzene rings is 1. The molecule has 2 aromatic rings. The summed E-state index contributed by atoms with van der Waals surface area (Å²) >= 11 is 2.82. The van der Waals surface area contributed by atoms with Crippen LogP contribution in [0.2, 0.25) is 0 Å². The normalized spacial score (nSPS) is 16.5. The molecular weight excluding hydrogens is 346 g/mol. The van der Waals surface area contributed by atoms with Crippen LogP contribution in [0.1, 0.15) is 16.1 Å². The molecule has 2 heterocycles. The Morgan fingerprint density at radius 2 is 2.00 bits per heavy atom. The van der Waals surface area contributed by atoms with Gasteiger partial charge in [-0.15, -0.1) is 23.1 Å². The number of hydrogen-bond acceptors (Lipinski definition) is 5. The molecule has 3 rings (SSSR count). The van der Waals surface area contributed by atoms with Gasteiger partial charge in [-0.3, -0.25) is 25.2 Å². The van der Waals surface area contributed by atoms with Crippen LogP contribution < -0.4 is 16.2 Å². The molecule has 24 heavy (non-hydrogen) atoms. The van der Waals surface area contributed by atoms with Crippen LogP contribution in [0.5, 0.6) is 0 Å². The highest BCUT2D eigenvalue weighted by Crippen LogP contribution is 2.32. The monoisotopic (exact) mass is 361 g/mol. The molecule has 6 nitrogen and oxygen atoms in total. The quantitative estimate of drug-likeness (QED) is 0.732. The Hall–Kier alpha value is -2.32. The predicted octanol–water partition coefficient (Wildman–Crippen LogP) is 2.26. The molecule has 3 N–H and O–H groups in total. The number of thioether (sulfide) groups is 1. The van der Waals surface area contributed by atoms with Gasteiger partial charge in [0.1, 0.15) is 0 Å². The van der Waals surface area contributed by atoms with E-state index in [1.807, 2.05) is 24.3 Å². The van der Waals surface area contributed by atoms with Gasteiger partial charge in [-0.2, -0.15) is 0 Å². The SMILES string of the molecule is O=C(C[C@H]1CSc2ccccc2NC1=O)NNC(=O)c1cccs1. The van der Waals surface area contributed by atoms with Crippen LogP contribution >= 0.6 is 23.1 Å². The maximum Gasteiger partial charge on any atom is 0.279 e. The number of anilines is 1. The lowest BCUT2D eigenvalue weighted by Crippen LogP contribution is -2.43. The summed E-state index contributed by atoms with van der Waals surface area (Å²) in [6, 6.07) is 11.0. The predicted molar refractivity (Wildman–Crippen MR) is 93.8 cm³/mol. The molecule has 0 unspecified atom stereocenters. The number of carbonyl (C=O) groups is 3. The zero-order valence-corrected chi connectivity index (χ0v) is 14.2. The first-order valence-corrected chi connectivity index (χ1v) is 9.15. The molecule has 0 saturated carbocycles. The van der Waals surface area contributed by atoms with Gasteiger partial charge in [0.15, 0.2) is 0 Å². The first-order chi connectivity index (χ1) is 11.6. The summed E-state index contributed by atoms with van der Waals surface area (Å²) in [5, 5.41) is 4.62. The van der Waals surface area contributed by atoms with Crippen molar-refractivity contribution in [3.8, 4) is 0 Å². The van der Waals surface area contributed by atoms with Crippen LogP contribution in [-0.4, -0.2) is 23.5 Å². The molecule has 8 heteroatoms. The zero-order chi connectivity index (χ0) is 16.9. The molecule has 3 amide bonds. The topological polar surface area (TPSA) is 87.3 Å². The van der Waals surface area contributed by atoms with Gasteiger partial charge in [0, 0.05) is 17.1 Å². The number of carbonyl (C=O) groups excluding carboxylic acids is 3. The van der Waals surface area contributed by atoms with Crippen molar-refractivity contribution >= 4 is 46.5 Å². The third-order valence-corrected chi connectivity index (χ3v) is 5.55. The van der Waals surface area contributed by atoms with Gasteiger partial charge in [0.2, 0.25) is 11.8 Å². The van der Waals surface area contributed by atoms with E-state index in [1.165, 1.54) is 23.1 Å². The standard InChI is InChI=1S/C16H15N3O3S2/c20-14(18-19-16(22)13-6-3-7-23-13)8-10-9-24-12-5-2-1-4-11(12)17-15(10)21/h1-7,10H,8-9H2,(H,17,21)(H,18,20)(H,19,22)/t10-/m0/s1. The highest BCUT2D eigenvalue weighted by atomic mass is 32.2. The largest absolute Gasteiger partial charge is 0.325 e. The second kappa shape index (κ2) is 7.50. The Labute approximate surface area is 147 Å².